The topological polar surface area (TPSA) is 63.5 Å². The molecule has 0 radical (unpaired) electrons. The standard InChI is InChI=1S/C13H17BrN2O3/c1-3-15(8-4-7-14)13(17)12-6-5-11(16(18)19)9-10(12)2/h5-6,9H,3-4,7-8H2,1-2H3. The molecule has 0 atom stereocenters. The molecule has 5 nitrogen and oxygen atoms in total. The first-order valence-corrected chi connectivity index (χ1v) is 7.23. The van der Waals surface area contributed by atoms with E-state index < -0.39 is 4.92 Å². The number of amides is 1. The van der Waals surface area contributed by atoms with Crippen LogP contribution in [0, 0.1) is 17.0 Å². The third kappa shape index (κ3) is 4.02. The highest BCUT2D eigenvalue weighted by atomic mass is 79.9. The number of halogens is 1. The number of rotatable bonds is 6. The maximum Gasteiger partial charge on any atom is 0.269 e. The first kappa shape index (κ1) is 15.6. The Morgan fingerprint density at radius 2 is 2.16 bits per heavy atom. The Morgan fingerprint density at radius 1 is 1.47 bits per heavy atom. The van der Waals surface area contributed by atoms with Crippen molar-refractivity contribution >= 4 is 27.5 Å². The van der Waals surface area contributed by atoms with E-state index in [0.717, 1.165) is 11.8 Å². The smallest absolute Gasteiger partial charge is 0.269 e. The summed E-state index contributed by atoms with van der Waals surface area (Å²) in [6, 6.07) is 4.34. The van der Waals surface area contributed by atoms with Gasteiger partial charge in [-0.05, 0) is 31.9 Å². The van der Waals surface area contributed by atoms with Crippen LogP contribution in [0.3, 0.4) is 0 Å². The molecule has 1 rings (SSSR count). The van der Waals surface area contributed by atoms with E-state index in [1.807, 2.05) is 6.92 Å². The first-order valence-electron chi connectivity index (χ1n) is 6.11. The second-order valence-corrected chi connectivity index (χ2v) is 4.98. The summed E-state index contributed by atoms with van der Waals surface area (Å²) in [4.78, 5) is 24.3. The van der Waals surface area contributed by atoms with Gasteiger partial charge in [-0.25, -0.2) is 0 Å². The summed E-state index contributed by atoms with van der Waals surface area (Å²) in [5.74, 6) is -0.0733. The Balaban J connectivity index is 2.95. The number of nitro groups is 1. The van der Waals surface area contributed by atoms with Crippen LogP contribution in [-0.2, 0) is 0 Å². The second kappa shape index (κ2) is 7.23. The van der Waals surface area contributed by atoms with Crippen molar-refractivity contribution in [1.82, 2.24) is 4.90 Å². The summed E-state index contributed by atoms with van der Waals surface area (Å²) in [5.41, 5.74) is 1.18. The summed E-state index contributed by atoms with van der Waals surface area (Å²) in [6.07, 6.45) is 0.881. The molecule has 0 heterocycles. The zero-order chi connectivity index (χ0) is 14.4. The van der Waals surface area contributed by atoms with Crippen molar-refractivity contribution < 1.29 is 9.72 Å². The molecular formula is C13H17BrN2O3. The molecular weight excluding hydrogens is 312 g/mol. The van der Waals surface area contributed by atoms with E-state index >= 15 is 0 Å². The fraction of sp³-hybridized carbons (Fsp3) is 0.462. The molecule has 104 valence electrons. The minimum atomic E-state index is -0.455. The predicted octanol–water partition coefficient (Wildman–Crippen LogP) is 3.15. The zero-order valence-corrected chi connectivity index (χ0v) is 12.6. The van der Waals surface area contributed by atoms with E-state index in [9.17, 15) is 14.9 Å². The number of nitro benzene ring substituents is 1. The molecule has 0 fully saturated rings. The van der Waals surface area contributed by atoms with Crippen LogP contribution in [0.5, 0.6) is 0 Å². The molecule has 1 aromatic carbocycles. The molecule has 0 saturated carbocycles. The Hall–Kier alpha value is -1.43. The number of carbonyl (C=O) groups excluding carboxylic acids is 1. The molecule has 0 bridgehead atoms. The molecule has 1 amide bonds. The van der Waals surface area contributed by atoms with E-state index in [2.05, 4.69) is 15.9 Å². The lowest BCUT2D eigenvalue weighted by atomic mass is 10.1. The number of benzene rings is 1. The molecule has 0 unspecified atom stereocenters. The van der Waals surface area contributed by atoms with Crippen molar-refractivity contribution in [2.45, 2.75) is 20.3 Å². The summed E-state index contributed by atoms with van der Waals surface area (Å²) in [6.45, 7) is 4.95. The highest BCUT2D eigenvalue weighted by Crippen LogP contribution is 2.18. The molecule has 0 aliphatic rings. The maximum atomic E-state index is 12.3. The molecule has 0 aliphatic carbocycles. The van der Waals surface area contributed by atoms with Crippen LogP contribution in [0.1, 0.15) is 29.3 Å². The van der Waals surface area contributed by atoms with Gasteiger partial charge in [-0.3, -0.25) is 14.9 Å². The average molecular weight is 329 g/mol. The average Bonchev–Trinajstić information content (AvgIpc) is 2.39. The van der Waals surface area contributed by atoms with Crippen LogP contribution in [0.25, 0.3) is 0 Å². The van der Waals surface area contributed by atoms with Gasteiger partial charge in [-0.1, -0.05) is 15.9 Å². The van der Waals surface area contributed by atoms with Crippen molar-refractivity contribution in [2.75, 3.05) is 18.4 Å². The third-order valence-corrected chi connectivity index (χ3v) is 3.44. The van der Waals surface area contributed by atoms with Gasteiger partial charge >= 0.3 is 0 Å². The van der Waals surface area contributed by atoms with Crippen LogP contribution in [0.4, 0.5) is 5.69 Å². The van der Waals surface area contributed by atoms with Gasteiger partial charge in [0.05, 0.1) is 4.92 Å². The maximum absolute atomic E-state index is 12.3. The van der Waals surface area contributed by atoms with Crippen LogP contribution in [-0.4, -0.2) is 34.2 Å². The van der Waals surface area contributed by atoms with Crippen molar-refractivity contribution in [1.29, 1.82) is 0 Å². The fourth-order valence-corrected chi connectivity index (χ4v) is 2.08. The van der Waals surface area contributed by atoms with E-state index in [0.29, 0.717) is 24.2 Å². The number of non-ortho nitro benzene ring substituents is 1. The number of alkyl halides is 1. The van der Waals surface area contributed by atoms with Crippen LogP contribution in [0.2, 0.25) is 0 Å². The molecule has 6 heteroatoms. The van der Waals surface area contributed by atoms with Crippen molar-refractivity contribution in [3.8, 4) is 0 Å². The molecule has 0 N–H and O–H groups in total. The Bertz CT molecular complexity index is 477. The predicted molar refractivity (Wildman–Crippen MR) is 77.8 cm³/mol. The Labute approximate surface area is 120 Å². The van der Waals surface area contributed by atoms with Gasteiger partial charge in [0.1, 0.15) is 0 Å². The monoisotopic (exact) mass is 328 g/mol. The van der Waals surface area contributed by atoms with E-state index in [1.54, 1.807) is 11.8 Å². The SMILES string of the molecule is CCN(CCCBr)C(=O)c1ccc([N+](=O)[O-])cc1C. The molecule has 0 aromatic heterocycles. The summed E-state index contributed by atoms with van der Waals surface area (Å²) >= 11 is 3.34. The minimum Gasteiger partial charge on any atom is -0.339 e. The van der Waals surface area contributed by atoms with Gasteiger partial charge in [-0.2, -0.15) is 0 Å². The summed E-state index contributed by atoms with van der Waals surface area (Å²) in [5, 5.41) is 11.5. The molecule has 0 aliphatic heterocycles. The quantitative estimate of drug-likeness (QED) is 0.457. The van der Waals surface area contributed by atoms with E-state index in [-0.39, 0.29) is 11.6 Å². The van der Waals surface area contributed by atoms with E-state index in [1.165, 1.54) is 18.2 Å². The number of aryl methyl sites for hydroxylation is 1. The molecule has 0 spiro atoms. The third-order valence-electron chi connectivity index (χ3n) is 2.88. The normalized spacial score (nSPS) is 10.3. The highest BCUT2D eigenvalue weighted by Gasteiger charge is 2.17. The zero-order valence-electron chi connectivity index (χ0n) is 11.1. The van der Waals surface area contributed by atoms with Crippen LogP contribution < -0.4 is 0 Å². The second-order valence-electron chi connectivity index (χ2n) is 4.18. The molecule has 1 aromatic rings. The van der Waals surface area contributed by atoms with Crippen LogP contribution >= 0.6 is 15.9 Å². The lowest BCUT2D eigenvalue weighted by Gasteiger charge is -2.21. The van der Waals surface area contributed by atoms with Crippen molar-refractivity contribution in [3.63, 3.8) is 0 Å². The summed E-state index contributed by atoms with van der Waals surface area (Å²) < 4.78 is 0. The number of hydrogen-bond acceptors (Lipinski definition) is 3. The van der Waals surface area contributed by atoms with Gasteiger partial charge in [-0.15, -0.1) is 0 Å². The van der Waals surface area contributed by atoms with Gasteiger partial charge in [0.15, 0.2) is 0 Å². The fourth-order valence-electron chi connectivity index (χ4n) is 1.83. The first-order chi connectivity index (χ1) is 9.01. The van der Waals surface area contributed by atoms with E-state index in [4.69, 9.17) is 0 Å². The van der Waals surface area contributed by atoms with Crippen molar-refractivity contribution in [2.24, 2.45) is 0 Å². The van der Waals surface area contributed by atoms with Crippen LogP contribution in [0.15, 0.2) is 18.2 Å². The van der Waals surface area contributed by atoms with Gasteiger partial charge in [0.25, 0.3) is 11.6 Å². The van der Waals surface area contributed by atoms with Crippen molar-refractivity contribution in [3.05, 3.63) is 39.4 Å². The van der Waals surface area contributed by atoms with Gasteiger partial charge < -0.3 is 4.90 Å². The number of carbonyl (C=O) groups is 1. The minimum absolute atomic E-state index is 0.0116. The number of hydrogen-bond donors (Lipinski definition) is 0. The lowest BCUT2D eigenvalue weighted by Crippen LogP contribution is -2.32. The largest absolute Gasteiger partial charge is 0.339 e. The van der Waals surface area contributed by atoms with Gasteiger partial charge in [0.2, 0.25) is 0 Å². The molecule has 0 saturated heterocycles. The Morgan fingerprint density at radius 3 is 2.63 bits per heavy atom. The molecule has 19 heavy (non-hydrogen) atoms. The summed E-state index contributed by atoms with van der Waals surface area (Å²) in [7, 11) is 0. The Kier molecular flexibility index (Phi) is 5.95. The lowest BCUT2D eigenvalue weighted by molar-refractivity contribution is -0.384. The number of nitrogens with zero attached hydrogens (tertiary/aromatic N) is 2. The van der Waals surface area contributed by atoms with Gasteiger partial charge in [0, 0.05) is 36.1 Å². The highest BCUT2D eigenvalue weighted by molar-refractivity contribution is 9.09.